The summed E-state index contributed by atoms with van der Waals surface area (Å²) in [5, 5.41) is 2.62. The fraction of sp³-hybridized carbons (Fsp3) is 0.300. The van der Waals surface area contributed by atoms with E-state index < -0.39 is 28.5 Å². The number of anilines is 1. The minimum absolute atomic E-state index is 0.143. The van der Waals surface area contributed by atoms with Crippen LogP contribution in [0.2, 0.25) is 0 Å². The number of carbonyl (C=O) groups excluding carboxylic acids is 2. The molecule has 0 unspecified atom stereocenters. The summed E-state index contributed by atoms with van der Waals surface area (Å²) in [6, 6.07) is 12.6. The molecule has 1 aliphatic rings. The van der Waals surface area contributed by atoms with Gasteiger partial charge in [-0.15, -0.1) is 0 Å². The molecule has 1 amide bonds. The number of nitrogens with zero attached hydrogens (tertiary/aromatic N) is 1. The summed E-state index contributed by atoms with van der Waals surface area (Å²) in [7, 11) is -3.55. The smallest absolute Gasteiger partial charge is 0.338 e. The lowest BCUT2D eigenvalue weighted by molar-refractivity contribution is -0.119. The Morgan fingerprint density at radius 2 is 1.59 bits per heavy atom. The Morgan fingerprint density at radius 3 is 2.21 bits per heavy atom. The normalized spacial score (nSPS) is 14.9. The van der Waals surface area contributed by atoms with Gasteiger partial charge in [0.15, 0.2) is 6.61 Å². The largest absolute Gasteiger partial charge is 0.452 e. The summed E-state index contributed by atoms with van der Waals surface area (Å²) in [6.45, 7) is 0.585. The van der Waals surface area contributed by atoms with E-state index in [0.29, 0.717) is 18.8 Å². The molecule has 0 radical (unpaired) electrons. The molecule has 3 rings (SSSR count). The molecule has 1 N–H and O–H groups in total. The number of hydrogen-bond acceptors (Lipinski definition) is 5. The summed E-state index contributed by atoms with van der Waals surface area (Å²) in [6.07, 6.45) is 2.74. The molecule has 0 aromatic heterocycles. The van der Waals surface area contributed by atoms with E-state index in [2.05, 4.69) is 21.2 Å². The lowest BCUT2D eigenvalue weighted by Crippen LogP contribution is -2.35. The number of nitrogens with one attached hydrogen (secondary N) is 1. The van der Waals surface area contributed by atoms with Gasteiger partial charge in [0.25, 0.3) is 5.91 Å². The number of ether oxygens (including phenoxy) is 1. The van der Waals surface area contributed by atoms with Crippen molar-refractivity contribution >= 4 is 43.5 Å². The third-order valence-corrected chi connectivity index (χ3v) is 6.95. The van der Waals surface area contributed by atoms with Crippen LogP contribution in [0.3, 0.4) is 0 Å². The minimum Gasteiger partial charge on any atom is -0.452 e. The Kier molecular flexibility index (Phi) is 7.05. The van der Waals surface area contributed by atoms with E-state index in [0.717, 1.165) is 23.7 Å². The van der Waals surface area contributed by atoms with Gasteiger partial charge in [-0.05, 0) is 61.4 Å². The van der Waals surface area contributed by atoms with Crippen molar-refractivity contribution in [2.24, 2.45) is 0 Å². The second-order valence-corrected chi connectivity index (χ2v) is 9.47. The molecule has 29 heavy (non-hydrogen) atoms. The van der Waals surface area contributed by atoms with Gasteiger partial charge in [0, 0.05) is 23.2 Å². The number of esters is 1. The lowest BCUT2D eigenvalue weighted by Gasteiger charge is -2.25. The van der Waals surface area contributed by atoms with Gasteiger partial charge in [-0.3, -0.25) is 4.79 Å². The molecule has 9 heteroatoms. The molecule has 0 aliphatic carbocycles. The Bertz CT molecular complexity index is 969. The highest BCUT2D eigenvalue weighted by molar-refractivity contribution is 9.10. The molecule has 1 fully saturated rings. The molecule has 1 heterocycles. The van der Waals surface area contributed by atoms with E-state index in [9.17, 15) is 18.0 Å². The highest BCUT2D eigenvalue weighted by atomic mass is 79.9. The minimum atomic E-state index is -3.55. The highest BCUT2D eigenvalue weighted by Gasteiger charge is 2.26. The molecule has 1 aliphatic heterocycles. The molecule has 2 aromatic rings. The first-order valence-corrected chi connectivity index (χ1v) is 11.4. The van der Waals surface area contributed by atoms with E-state index in [-0.39, 0.29) is 10.5 Å². The fourth-order valence-corrected chi connectivity index (χ4v) is 4.74. The zero-order chi connectivity index (χ0) is 20.9. The van der Waals surface area contributed by atoms with Crippen LogP contribution in [0, 0.1) is 0 Å². The quantitative estimate of drug-likeness (QED) is 0.639. The Morgan fingerprint density at radius 1 is 0.966 bits per heavy atom. The standard InChI is InChI=1S/C20H21BrN2O5S/c21-16-6-8-17(9-7-16)22-19(24)14-28-20(25)15-4-10-18(11-5-15)29(26,27)23-12-2-1-3-13-23/h4-11H,1-3,12-14H2,(H,22,24). The van der Waals surface area contributed by atoms with Gasteiger partial charge in [0.05, 0.1) is 10.5 Å². The number of halogens is 1. The third kappa shape index (κ3) is 5.65. The lowest BCUT2D eigenvalue weighted by atomic mass is 10.2. The molecule has 0 spiro atoms. The van der Waals surface area contributed by atoms with Gasteiger partial charge in [0.2, 0.25) is 10.0 Å². The molecule has 154 valence electrons. The summed E-state index contributed by atoms with van der Waals surface area (Å²) in [5.41, 5.74) is 0.764. The maximum atomic E-state index is 12.6. The van der Waals surface area contributed by atoms with E-state index >= 15 is 0 Å². The van der Waals surface area contributed by atoms with Gasteiger partial charge >= 0.3 is 5.97 Å². The first kappa shape index (κ1) is 21.5. The molecule has 0 bridgehead atoms. The van der Waals surface area contributed by atoms with Crippen molar-refractivity contribution < 1.29 is 22.7 Å². The van der Waals surface area contributed by atoms with Gasteiger partial charge in [-0.2, -0.15) is 4.31 Å². The molecule has 0 saturated carbocycles. The zero-order valence-corrected chi connectivity index (χ0v) is 18.0. The van der Waals surface area contributed by atoms with Crippen molar-refractivity contribution in [3.05, 3.63) is 58.6 Å². The van der Waals surface area contributed by atoms with E-state index in [1.807, 2.05) is 0 Å². The van der Waals surface area contributed by atoms with Crippen molar-refractivity contribution in [2.75, 3.05) is 25.0 Å². The SMILES string of the molecule is O=C(COC(=O)c1ccc(S(=O)(=O)N2CCCCC2)cc1)Nc1ccc(Br)cc1. The molecule has 7 nitrogen and oxygen atoms in total. The predicted octanol–water partition coefficient (Wildman–Crippen LogP) is 3.42. The second kappa shape index (κ2) is 9.51. The highest BCUT2D eigenvalue weighted by Crippen LogP contribution is 2.21. The maximum Gasteiger partial charge on any atom is 0.338 e. The summed E-state index contributed by atoms with van der Waals surface area (Å²) in [4.78, 5) is 24.2. The Labute approximate surface area is 178 Å². The number of sulfonamides is 1. The van der Waals surface area contributed by atoms with Crippen LogP contribution in [0.5, 0.6) is 0 Å². The van der Waals surface area contributed by atoms with Gasteiger partial charge in [0.1, 0.15) is 0 Å². The van der Waals surface area contributed by atoms with Crippen molar-refractivity contribution in [1.82, 2.24) is 4.31 Å². The topological polar surface area (TPSA) is 92.8 Å². The maximum absolute atomic E-state index is 12.6. The Hall–Kier alpha value is -2.23. The predicted molar refractivity (Wildman–Crippen MR) is 112 cm³/mol. The van der Waals surface area contributed by atoms with Crippen molar-refractivity contribution in [3.63, 3.8) is 0 Å². The number of carbonyl (C=O) groups is 2. The molecular weight excluding hydrogens is 460 g/mol. The van der Waals surface area contributed by atoms with Crippen molar-refractivity contribution in [3.8, 4) is 0 Å². The summed E-state index contributed by atoms with van der Waals surface area (Å²) in [5.74, 6) is -1.16. The number of piperidine rings is 1. The van der Waals surface area contributed by atoms with Crippen molar-refractivity contribution in [2.45, 2.75) is 24.2 Å². The fourth-order valence-electron chi connectivity index (χ4n) is 2.96. The third-order valence-electron chi connectivity index (χ3n) is 4.51. The number of amides is 1. The average molecular weight is 481 g/mol. The van der Waals surface area contributed by atoms with E-state index in [4.69, 9.17) is 4.74 Å². The van der Waals surface area contributed by atoms with Crippen LogP contribution in [0.1, 0.15) is 29.6 Å². The molecule has 0 atom stereocenters. The number of benzene rings is 2. The van der Waals surface area contributed by atoms with Crippen LogP contribution in [0.15, 0.2) is 57.9 Å². The van der Waals surface area contributed by atoms with Crippen LogP contribution in [0.25, 0.3) is 0 Å². The molecule has 2 aromatic carbocycles. The number of hydrogen-bond donors (Lipinski definition) is 1. The summed E-state index contributed by atoms with van der Waals surface area (Å²) >= 11 is 3.30. The van der Waals surface area contributed by atoms with Crippen LogP contribution in [-0.4, -0.2) is 44.3 Å². The van der Waals surface area contributed by atoms with Crippen molar-refractivity contribution in [1.29, 1.82) is 0 Å². The van der Waals surface area contributed by atoms with Gasteiger partial charge in [-0.25, -0.2) is 13.2 Å². The molecule has 1 saturated heterocycles. The second-order valence-electron chi connectivity index (χ2n) is 6.62. The molecular formula is C20H21BrN2O5S. The monoisotopic (exact) mass is 480 g/mol. The number of rotatable bonds is 6. The Balaban J connectivity index is 1.56. The van der Waals surface area contributed by atoms with E-state index in [1.54, 1.807) is 24.3 Å². The van der Waals surface area contributed by atoms with Crippen LogP contribution < -0.4 is 5.32 Å². The average Bonchev–Trinajstić information content (AvgIpc) is 2.74. The van der Waals surface area contributed by atoms with Crippen LogP contribution in [-0.2, 0) is 19.6 Å². The van der Waals surface area contributed by atoms with E-state index in [1.165, 1.54) is 28.6 Å². The van der Waals surface area contributed by atoms with Crippen LogP contribution in [0.4, 0.5) is 5.69 Å². The van der Waals surface area contributed by atoms with Crippen LogP contribution >= 0.6 is 15.9 Å². The summed E-state index contributed by atoms with van der Waals surface area (Å²) < 4.78 is 32.6. The zero-order valence-electron chi connectivity index (χ0n) is 15.6. The van der Waals surface area contributed by atoms with Gasteiger partial charge < -0.3 is 10.1 Å². The van der Waals surface area contributed by atoms with Gasteiger partial charge in [-0.1, -0.05) is 22.4 Å². The first-order chi connectivity index (χ1) is 13.9. The first-order valence-electron chi connectivity index (χ1n) is 9.19.